The number of halogens is 1. The number of aryl methyl sites for hydroxylation is 1. The first-order chi connectivity index (χ1) is 12.9. The average Bonchev–Trinajstić information content (AvgIpc) is 2.58. The van der Waals surface area contributed by atoms with E-state index in [2.05, 4.69) is 36.5 Å². The number of ether oxygens (including phenoxy) is 1. The number of amides is 1. The molecule has 0 fully saturated rings. The van der Waals surface area contributed by atoms with E-state index in [0.29, 0.717) is 34.7 Å². The van der Waals surface area contributed by atoms with Gasteiger partial charge in [-0.2, -0.15) is 0 Å². The first-order valence-electron chi connectivity index (χ1n) is 9.03. The van der Waals surface area contributed by atoms with Crippen LogP contribution >= 0.6 is 15.9 Å². The van der Waals surface area contributed by atoms with Crippen LogP contribution < -0.4 is 10.6 Å². The number of hydrogen-bond donors (Lipinski definition) is 2. The van der Waals surface area contributed by atoms with Gasteiger partial charge in [-0.3, -0.25) is 4.79 Å². The number of para-hydroxylation sites is 1. The maximum atomic E-state index is 12.2. The van der Waals surface area contributed by atoms with Crippen LogP contribution in [0.1, 0.15) is 50.7 Å². The summed E-state index contributed by atoms with van der Waals surface area (Å²) in [6, 6.07) is 5.38. The quantitative estimate of drug-likeness (QED) is 0.505. The highest BCUT2D eigenvalue weighted by molar-refractivity contribution is 9.09. The number of benzene rings is 1. The molecule has 0 saturated heterocycles. The number of alkyl halides is 1. The highest BCUT2D eigenvalue weighted by atomic mass is 79.9. The molecule has 1 heterocycles. The Bertz CT molecular complexity index is 891. The van der Waals surface area contributed by atoms with Crippen molar-refractivity contribution < 1.29 is 14.3 Å². The van der Waals surface area contributed by atoms with Crippen molar-refractivity contribution in [2.75, 3.05) is 17.2 Å². The SMILES string of the molecule is Cc1nc2cccc(C(=O)CBr)c2nc1NC(C)(C)CNC(=O)OC(C)(C)C. The number of Topliss-reactive ketones (excluding diaryl/α,β-unsaturated/α-hetero) is 1. The van der Waals surface area contributed by atoms with Gasteiger partial charge in [0.15, 0.2) is 5.78 Å². The van der Waals surface area contributed by atoms with Crippen LogP contribution in [-0.4, -0.2) is 44.9 Å². The highest BCUT2D eigenvalue weighted by Gasteiger charge is 2.23. The number of nitrogens with zero attached hydrogens (tertiary/aromatic N) is 2. The molecule has 0 spiro atoms. The minimum Gasteiger partial charge on any atom is -0.444 e. The summed E-state index contributed by atoms with van der Waals surface area (Å²) in [5.74, 6) is 0.513. The standard InChI is InChI=1S/C20H27BrN4O3/c1-12-17(25-20(5,6)11-22-18(27)28-19(2,3)4)24-16-13(15(26)10-21)8-7-9-14(16)23-12/h7-9H,10-11H2,1-6H3,(H,22,27)(H,24,25). The Morgan fingerprint density at radius 1 is 1.14 bits per heavy atom. The number of hydrogen-bond acceptors (Lipinski definition) is 6. The van der Waals surface area contributed by atoms with Crippen LogP contribution in [0.25, 0.3) is 11.0 Å². The van der Waals surface area contributed by atoms with Gasteiger partial charge in [-0.1, -0.05) is 22.0 Å². The first kappa shape index (κ1) is 22.1. The highest BCUT2D eigenvalue weighted by Crippen LogP contribution is 2.23. The molecular weight excluding hydrogens is 424 g/mol. The van der Waals surface area contributed by atoms with Crippen molar-refractivity contribution in [3.05, 3.63) is 29.5 Å². The number of rotatable bonds is 6. The Morgan fingerprint density at radius 3 is 2.43 bits per heavy atom. The second-order valence-electron chi connectivity index (χ2n) is 8.25. The van der Waals surface area contributed by atoms with E-state index < -0.39 is 17.2 Å². The summed E-state index contributed by atoms with van der Waals surface area (Å²) >= 11 is 3.21. The molecule has 1 aromatic heterocycles. The van der Waals surface area contributed by atoms with Crippen LogP contribution in [0.3, 0.4) is 0 Å². The Labute approximate surface area is 173 Å². The van der Waals surface area contributed by atoms with Gasteiger partial charge < -0.3 is 15.4 Å². The summed E-state index contributed by atoms with van der Waals surface area (Å²) in [5, 5.41) is 6.30. The summed E-state index contributed by atoms with van der Waals surface area (Å²) in [6.45, 7) is 11.5. The molecule has 0 atom stereocenters. The van der Waals surface area contributed by atoms with Gasteiger partial charge in [0.05, 0.1) is 22.1 Å². The lowest BCUT2D eigenvalue weighted by Gasteiger charge is -2.29. The van der Waals surface area contributed by atoms with Crippen LogP contribution in [0, 0.1) is 6.92 Å². The molecule has 0 radical (unpaired) electrons. The van der Waals surface area contributed by atoms with Crippen molar-refractivity contribution in [2.24, 2.45) is 0 Å². The molecule has 2 aromatic rings. The van der Waals surface area contributed by atoms with Crippen LogP contribution in [0.4, 0.5) is 10.6 Å². The van der Waals surface area contributed by atoms with Gasteiger partial charge in [0.2, 0.25) is 0 Å². The molecular formula is C20H27BrN4O3. The van der Waals surface area contributed by atoms with Gasteiger partial charge in [-0.15, -0.1) is 0 Å². The van der Waals surface area contributed by atoms with E-state index in [1.807, 2.05) is 47.6 Å². The maximum Gasteiger partial charge on any atom is 0.407 e. The summed E-state index contributed by atoms with van der Waals surface area (Å²) in [4.78, 5) is 33.4. The largest absolute Gasteiger partial charge is 0.444 e. The van der Waals surface area contributed by atoms with Crippen molar-refractivity contribution in [3.63, 3.8) is 0 Å². The van der Waals surface area contributed by atoms with Crippen molar-refractivity contribution in [1.82, 2.24) is 15.3 Å². The normalized spacial score (nSPS) is 12.0. The van der Waals surface area contributed by atoms with E-state index in [0.717, 1.165) is 0 Å². The van der Waals surface area contributed by atoms with Gasteiger partial charge in [0.1, 0.15) is 16.9 Å². The molecule has 28 heavy (non-hydrogen) atoms. The number of carbonyl (C=O) groups excluding carboxylic acids is 2. The number of nitrogens with one attached hydrogen (secondary N) is 2. The lowest BCUT2D eigenvalue weighted by atomic mass is 10.1. The summed E-state index contributed by atoms with van der Waals surface area (Å²) in [5.41, 5.74) is 1.38. The van der Waals surface area contributed by atoms with Crippen LogP contribution in [0.2, 0.25) is 0 Å². The zero-order chi connectivity index (χ0) is 21.1. The molecule has 0 saturated carbocycles. The van der Waals surface area contributed by atoms with E-state index in [1.54, 1.807) is 12.1 Å². The molecule has 0 aliphatic heterocycles. The predicted molar refractivity (Wildman–Crippen MR) is 114 cm³/mol. The number of carbonyl (C=O) groups is 2. The van der Waals surface area contributed by atoms with Gasteiger partial charge >= 0.3 is 6.09 Å². The second-order valence-corrected chi connectivity index (χ2v) is 8.81. The van der Waals surface area contributed by atoms with E-state index >= 15 is 0 Å². The number of fused-ring (bicyclic) bond motifs is 1. The van der Waals surface area contributed by atoms with Crippen molar-refractivity contribution >= 4 is 44.7 Å². The summed E-state index contributed by atoms with van der Waals surface area (Å²) in [6.07, 6.45) is -0.478. The minimum absolute atomic E-state index is 0.0550. The molecule has 7 nitrogen and oxygen atoms in total. The Morgan fingerprint density at radius 2 is 1.82 bits per heavy atom. The van der Waals surface area contributed by atoms with E-state index in [9.17, 15) is 9.59 Å². The molecule has 0 aliphatic rings. The Hall–Kier alpha value is -2.22. The number of anilines is 1. The molecule has 0 aliphatic carbocycles. The third-order valence-electron chi connectivity index (χ3n) is 3.82. The minimum atomic E-state index is -0.555. The summed E-state index contributed by atoms with van der Waals surface area (Å²) in [7, 11) is 0. The lowest BCUT2D eigenvalue weighted by Crippen LogP contribution is -2.45. The molecule has 8 heteroatoms. The van der Waals surface area contributed by atoms with E-state index in [-0.39, 0.29) is 11.1 Å². The third kappa shape index (κ3) is 5.89. The number of alkyl carbamates (subject to hydrolysis) is 1. The molecule has 0 unspecified atom stereocenters. The van der Waals surface area contributed by atoms with E-state index in [1.165, 1.54) is 0 Å². The van der Waals surface area contributed by atoms with Crippen LogP contribution in [-0.2, 0) is 4.74 Å². The zero-order valence-electron chi connectivity index (χ0n) is 17.1. The van der Waals surface area contributed by atoms with Crippen LogP contribution in [0.15, 0.2) is 18.2 Å². The van der Waals surface area contributed by atoms with Crippen molar-refractivity contribution in [1.29, 1.82) is 0 Å². The Balaban J connectivity index is 2.23. The average molecular weight is 451 g/mol. The fourth-order valence-corrected chi connectivity index (χ4v) is 2.85. The molecule has 1 amide bonds. The predicted octanol–water partition coefficient (Wildman–Crippen LogP) is 4.23. The van der Waals surface area contributed by atoms with E-state index in [4.69, 9.17) is 4.74 Å². The molecule has 152 valence electrons. The fourth-order valence-electron chi connectivity index (χ4n) is 2.55. The fraction of sp³-hybridized carbons (Fsp3) is 0.500. The van der Waals surface area contributed by atoms with Gasteiger partial charge in [0.25, 0.3) is 0 Å². The monoisotopic (exact) mass is 450 g/mol. The van der Waals surface area contributed by atoms with Crippen molar-refractivity contribution in [3.8, 4) is 0 Å². The molecule has 2 N–H and O–H groups in total. The zero-order valence-corrected chi connectivity index (χ0v) is 18.7. The Kier molecular flexibility index (Phi) is 6.64. The second kappa shape index (κ2) is 8.43. The number of ketones is 1. The van der Waals surface area contributed by atoms with Crippen LogP contribution in [0.5, 0.6) is 0 Å². The van der Waals surface area contributed by atoms with Gasteiger partial charge in [-0.05, 0) is 53.7 Å². The number of aromatic nitrogens is 2. The lowest BCUT2D eigenvalue weighted by molar-refractivity contribution is 0.0519. The maximum absolute atomic E-state index is 12.2. The van der Waals surface area contributed by atoms with Crippen molar-refractivity contribution in [2.45, 2.75) is 52.7 Å². The van der Waals surface area contributed by atoms with Gasteiger partial charge in [0, 0.05) is 12.1 Å². The molecule has 1 aromatic carbocycles. The third-order valence-corrected chi connectivity index (χ3v) is 4.33. The summed E-state index contributed by atoms with van der Waals surface area (Å²) < 4.78 is 5.27. The smallest absolute Gasteiger partial charge is 0.407 e. The molecule has 0 bridgehead atoms. The first-order valence-corrected chi connectivity index (χ1v) is 10.2. The topological polar surface area (TPSA) is 93.2 Å². The molecule has 2 rings (SSSR count). The van der Waals surface area contributed by atoms with Gasteiger partial charge in [-0.25, -0.2) is 14.8 Å².